The van der Waals surface area contributed by atoms with Crippen molar-refractivity contribution >= 4 is 17.2 Å². The van der Waals surface area contributed by atoms with Gasteiger partial charge in [0, 0.05) is 7.05 Å². The maximum atomic E-state index is 4.36. The molecule has 1 aromatic rings. The lowest BCUT2D eigenvalue weighted by molar-refractivity contribution is 0.860. The van der Waals surface area contributed by atoms with Crippen molar-refractivity contribution in [2.75, 3.05) is 12.1 Å². The van der Waals surface area contributed by atoms with Gasteiger partial charge in [0.15, 0.2) is 0 Å². The molecule has 0 unspecified atom stereocenters. The lowest BCUT2D eigenvalue weighted by atomic mass is 10.2. The van der Waals surface area contributed by atoms with E-state index >= 15 is 0 Å². The average Bonchev–Trinajstić information content (AvgIpc) is 2.20. The Labute approximate surface area is 85.4 Å². The van der Waals surface area contributed by atoms with Crippen molar-refractivity contribution in [2.24, 2.45) is 4.99 Å². The molecule has 0 aromatic heterocycles. The number of amidine groups is 1. The van der Waals surface area contributed by atoms with Crippen LogP contribution in [-0.4, -0.2) is 12.9 Å². The number of fused-ring (bicyclic) bond motifs is 1. The first-order valence-corrected chi connectivity index (χ1v) is 4.92. The van der Waals surface area contributed by atoms with E-state index in [9.17, 15) is 0 Å². The number of hydrazine groups is 1. The molecule has 0 spiro atoms. The summed E-state index contributed by atoms with van der Waals surface area (Å²) in [5.41, 5.74) is 5.26. The van der Waals surface area contributed by atoms with Gasteiger partial charge >= 0.3 is 0 Å². The van der Waals surface area contributed by atoms with E-state index in [4.69, 9.17) is 0 Å². The van der Waals surface area contributed by atoms with Crippen LogP contribution in [0.2, 0.25) is 0 Å². The highest BCUT2D eigenvalue weighted by Crippen LogP contribution is 2.28. The number of anilines is 1. The predicted octanol–water partition coefficient (Wildman–Crippen LogP) is 2.72. The van der Waals surface area contributed by atoms with Crippen molar-refractivity contribution in [3.8, 4) is 0 Å². The number of hydrogen-bond donors (Lipinski definition) is 1. The van der Waals surface area contributed by atoms with E-state index in [-0.39, 0.29) is 0 Å². The molecule has 0 radical (unpaired) electrons. The van der Waals surface area contributed by atoms with Gasteiger partial charge in [0.05, 0.1) is 11.4 Å². The topological polar surface area (TPSA) is 27.6 Å². The quantitative estimate of drug-likeness (QED) is 0.682. The van der Waals surface area contributed by atoms with Crippen molar-refractivity contribution in [3.63, 3.8) is 0 Å². The molecule has 3 heteroatoms. The Morgan fingerprint density at radius 3 is 2.57 bits per heavy atom. The Kier molecular flexibility index (Phi) is 3.51. The molecule has 0 saturated carbocycles. The van der Waals surface area contributed by atoms with Gasteiger partial charge < -0.3 is 0 Å². The van der Waals surface area contributed by atoms with Crippen LogP contribution in [0, 0.1) is 0 Å². The van der Waals surface area contributed by atoms with Gasteiger partial charge in [-0.25, -0.2) is 4.99 Å². The number of hydrogen-bond acceptors (Lipinski definition) is 3. The zero-order valence-corrected chi connectivity index (χ0v) is 9.20. The largest absolute Gasteiger partial charge is 0.288 e. The Morgan fingerprint density at radius 2 is 1.86 bits per heavy atom. The molecule has 0 saturated heterocycles. The van der Waals surface area contributed by atoms with Crippen molar-refractivity contribution in [3.05, 3.63) is 24.3 Å². The Bertz CT molecular complexity index is 331. The first-order chi connectivity index (χ1) is 6.77. The maximum absolute atomic E-state index is 4.36. The summed E-state index contributed by atoms with van der Waals surface area (Å²) in [5, 5.41) is 1.97. The van der Waals surface area contributed by atoms with E-state index in [1.807, 2.05) is 57.1 Å². The molecule has 1 N–H and O–H groups in total. The molecule has 0 amide bonds. The highest BCUT2D eigenvalue weighted by Gasteiger charge is 2.10. The minimum Gasteiger partial charge on any atom is -0.288 e. The Balaban J connectivity index is 0.000000461. The number of para-hydroxylation sites is 2. The van der Waals surface area contributed by atoms with Gasteiger partial charge in [-0.2, -0.15) is 0 Å². The molecular formula is C11H17N3. The summed E-state index contributed by atoms with van der Waals surface area (Å²) in [5.74, 6) is 0.927. The summed E-state index contributed by atoms with van der Waals surface area (Å²) in [7, 11) is 1.98. The first-order valence-electron chi connectivity index (χ1n) is 4.92. The lowest BCUT2D eigenvalue weighted by Gasteiger charge is -2.26. The third kappa shape index (κ3) is 2.05. The average molecular weight is 191 g/mol. The number of nitrogens with zero attached hydrogens (tertiary/aromatic N) is 2. The van der Waals surface area contributed by atoms with Gasteiger partial charge in [0.2, 0.25) is 0 Å². The van der Waals surface area contributed by atoms with Gasteiger partial charge in [0.25, 0.3) is 0 Å². The molecular weight excluding hydrogens is 174 g/mol. The number of rotatable bonds is 0. The Morgan fingerprint density at radius 1 is 1.21 bits per heavy atom. The van der Waals surface area contributed by atoms with Crippen molar-refractivity contribution in [2.45, 2.75) is 20.8 Å². The van der Waals surface area contributed by atoms with Crippen molar-refractivity contribution < 1.29 is 0 Å². The van der Waals surface area contributed by atoms with E-state index in [0.29, 0.717) is 0 Å². The van der Waals surface area contributed by atoms with Gasteiger partial charge in [-0.15, -0.1) is 0 Å². The molecule has 2 rings (SSSR count). The maximum Gasteiger partial charge on any atom is 0.118 e. The zero-order chi connectivity index (χ0) is 10.6. The molecule has 0 aliphatic carbocycles. The normalized spacial score (nSPS) is 13.1. The van der Waals surface area contributed by atoms with Crippen LogP contribution >= 0.6 is 0 Å². The Hall–Kier alpha value is -1.51. The lowest BCUT2D eigenvalue weighted by Crippen LogP contribution is -2.39. The second-order valence-electron chi connectivity index (χ2n) is 2.86. The molecule has 76 valence electrons. The van der Waals surface area contributed by atoms with Gasteiger partial charge in [0.1, 0.15) is 5.84 Å². The highest BCUT2D eigenvalue weighted by atomic mass is 15.5. The summed E-state index contributed by atoms with van der Waals surface area (Å²) in [6.07, 6.45) is 0. The van der Waals surface area contributed by atoms with E-state index in [2.05, 4.69) is 10.4 Å². The number of benzene rings is 1. The van der Waals surface area contributed by atoms with E-state index < -0.39 is 0 Å². The minimum absolute atomic E-state index is 0.927. The van der Waals surface area contributed by atoms with E-state index in [0.717, 1.165) is 17.2 Å². The van der Waals surface area contributed by atoms with E-state index in [1.54, 1.807) is 0 Å². The smallest absolute Gasteiger partial charge is 0.118 e. The van der Waals surface area contributed by atoms with Crippen LogP contribution in [0.1, 0.15) is 20.8 Å². The summed E-state index contributed by atoms with van der Waals surface area (Å²) in [6, 6.07) is 8.05. The van der Waals surface area contributed by atoms with Gasteiger partial charge in [-0.05, 0) is 19.1 Å². The first kappa shape index (κ1) is 10.6. The third-order valence-electron chi connectivity index (χ3n) is 1.86. The molecule has 0 atom stereocenters. The fourth-order valence-electron chi connectivity index (χ4n) is 1.35. The molecule has 3 nitrogen and oxygen atoms in total. The summed E-state index contributed by atoms with van der Waals surface area (Å²) in [6.45, 7) is 5.95. The monoisotopic (exact) mass is 191 g/mol. The van der Waals surface area contributed by atoms with E-state index in [1.165, 1.54) is 0 Å². The van der Waals surface area contributed by atoms with Gasteiger partial charge in [-0.1, -0.05) is 26.0 Å². The molecule has 1 aliphatic rings. The molecule has 1 aromatic carbocycles. The molecule has 0 fully saturated rings. The van der Waals surface area contributed by atoms with Crippen LogP contribution in [-0.2, 0) is 0 Å². The summed E-state index contributed by atoms with van der Waals surface area (Å²) in [4.78, 5) is 4.36. The number of aliphatic imine (C=N–C) groups is 1. The van der Waals surface area contributed by atoms with Gasteiger partial charge in [-0.3, -0.25) is 10.4 Å². The molecule has 1 heterocycles. The highest BCUT2D eigenvalue weighted by molar-refractivity contribution is 5.89. The van der Waals surface area contributed by atoms with Crippen LogP contribution in [0.5, 0.6) is 0 Å². The summed E-state index contributed by atoms with van der Waals surface area (Å²) >= 11 is 0. The molecule has 0 bridgehead atoms. The van der Waals surface area contributed by atoms with Crippen LogP contribution in [0.3, 0.4) is 0 Å². The molecule has 1 aliphatic heterocycles. The van der Waals surface area contributed by atoms with Crippen LogP contribution < -0.4 is 10.4 Å². The second-order valence-corrected chi connectivity index (χ2v) is 2.86. The van der Waals surface area contributed by atoms with Crippen LogP contribution in [0.4, 0.5) is 11.4 Å². The van der Waals surface area contributed by atoms with Crippen molar-refractivity contribution in [1.29, 1.82) is 0 Å². The standard InChI is InChI=1S/C9H11N3.C2H6/c1-7-10-8-5-3-4-6-9(8)12(2)11-7;1-2/h3-6H,1-2H3,(H,10,11);1-2H3. The zero-order valence-electron chi connectivity index (χ0n) is 9.20. The second kappa shape index (κ2) is 4.65. The SMILES string of the molecule is CC.CC1=Nc2ccccc2N(C)N1. The fraction of sp³-hybridized carbons (Fsp3) is 0.364. The minimum atomic E-state index is 0.927. The van der Waals surface area contributed by atoms with Crippen LogP contribution in [0.15, 0.2) is 29.3 Å². The van der Waals surface area contributed by atoms with Crippen LogP contribution in [0.25, 0.3) is 0 Å². The predicted molar refractivity (Wildman–Crippen MR) is 62.1 cm³/mol. The number of nitrogens with one attached hydrogen (secondary N) is 1. The molecule has 14 heavy (non-hydrogen) atoms. The fourth-order valence-corrected chi connectivity index (χ4v) is 1.35. The third-order valence-corrected chi connectivity index (χ3v) is 1.86. The van der Waals surface area contributed by atoms with Crippen molar-refractivity contribution in [1.82, 2.24) is 5.43 Å². The summed E-state index contributed by atoms with van der Waals surface area (Å²) < 4.78 is 0.